The molecule has 0 saturated carbocycles. The third-order valence-corrected chi connectivity index (χ3v) is 2.60. The van der Waals surface area contributed by atoms with Gasteiger partial charge in [-0.25, -0.2) is 4.98 Å². The maximum Gasteiger partial charge on any atom is 0.180 e. The fraction of sp³-hybridized carbons (Fsp3) is 0. The highest BCUT2D eigenvalue weighted by atomic mass is 16.5. The Balaban J connectivity index is 1.95. The Kier molecular flexibility index (Phi) is 2.86. The van der Waals surface area contributed by atoms with Gasteiger partial charge in [-0.3, -0.25) is 5.10 Å². The van der Waals surface area contributed by atoms with E-state index in [0.29, 0.717) is 17.3 Å². The minimum Gasteiger partial charge on any atom is -0.504 e. The molecule has 5 heteroatoms. The van der Waals surface area contributed by atoms with E-state index in [1.807, 2.05) is 30.3 Å². The smallest absolute Gasteiger partial charge is 0.180 e. The Morgan fingerprint density at radius 3 is 2.63 bits per heavy atom. The third kappa shape index (κ3) is 2.40. The van der Waals surface area contributed by atoms with Crippen molar-refractivity contribution < 1.29 is 9.84 Å². The minimum atomic E-state index is 0.0724. The van der Waals surface area contributed by atoms with Crippen LogP contribution in [0.25, 0.3) is 11.4 Å². The Morgan fingerprint density at radius 2 is 1.89 bits per heavy atom. The minimum absolute atomic E-state index is 0.0724. The van der Waals surface area contributed by atoms with Crippen molar-refractivity contribution >= 4 is 0 Å². The molecule has 0 aliphatic carbocycles. The lowest BCUT2D eigenvalue weighted by atomic mass is 10.2. The van der Waals surface area contributed by atoms with Gasteiger partial charge in [-0.15, -0.1) is 0 Å². The van der Waals surface area contributed by atoms with Crippen LogP contribution in [-0.4, -0.2) is 20.3 Å². The van der Waals surface area contributed by atoms with Crippen LogP contribution in [-0.2, 0) is 0 Å². The zero-order valence-electron chi connectivity index (χ0n) is 9.95. The number of benzene rings is 2. The second kappa shape index (κ2) is 4.81. The zero-order valence-corrected chi connectivity index (χ0v) is 9.95. The number of hydrogen-bond donors (Lipinski definition) is 2. The lowest BCUT2D eigenvalue weighted by Gasteiger charge is -2.08. The summed E-state index contributed by atoms with van der Waals surface area (Å²) in [6, 6.07) is 14.3. The summed E-state index contributed by atoms with van der Waals surface area (Å²) in [5.74, 6) is 1.65. The van der Waals surface area contributed by atoms with Crippen molar-refractivity contribution in [3.8, 4) is 28.6 Å². The molecule has 0 aliphatic heterocycles. The Labute approximate surface area is 109 Å². The van der Waals surface area contributed by atoms with E-state index in [-0.39, 0.29) is 5.75 Å². The van der Waals surface area contributed by atoms with Crippen molar-refractivity contribution in [1.29, 1.82) is 0 Å². The van der Waals surface area contributed by atoms with E-state index in [1.54, 1.807) is 18.2 Å². The molecule has 2 aromatic carbocycles. The number of aromatic hydroxyl groups is 1. The molecule has 0 spiro atoms. The van der Waals surface area contributed by atoms with Crippen LogP contribution in [0.3, 0.4) is 0 Å². The highest BCUT2D eigenvalue weighted by Crippen LogP contribution is 2.33. The summed E-state index contributed by atoms with van der Waals surface area (Å²) >= 11 is 0. The SMILES string of the molecule is Oc1ccc(-c2nc[nH]n2)cc1Oc1ccccc1. The molecule has 0 amide bonds. The number of nitrogens with zero attached hydrogens (tertiary/aromatic N) is 2. The van der Waals surface area contributed by atoms with Crippen LogP contribution >= 0.6 is 0 Å². The van der Waals surface area contributed by atoms with Gasteiger partial charge in [0, 0.05) is 5.56 Å². The summed E-state index contributed by atoms with van der Waals surface area (Å²) in [6.07, 6.45) is 1.50. The molecule has 0 radical (unpaired) electrons. The van der Waals surface area contributed by atoms with Crippen LogP contribution in [0.1, 0.15) is 0 Å². The van der Waals surface area contributed by atoms with E-state index < -0.39 is 0 Å². The van der Waals surface area contributed by atoms with E-state index in [2.05, 4.69) is 15.2 Å². The summed E-state index contributed by atoms with van der Waals surface area (Å²) < 4.78 is 5.63. The summed E-state index contributed by atoms with van der Waals surface area (Å²) in [6.45, 7) is 0. The first-order chi connectivity index (χ1) is 9.33. The maximum absolute atomic E-state index is 9.82. The predicted molar refractivity (Wildman–Crippen MR) is 70.0 cm³/mol. The average Bonchev–Trinajstić information content (AvgIpc) is 2.96. The number of phenols is 1. The molecule has 0 aliphatic rings. The molecule has 0 unspecified atom stereocenters. The van der Waals surface area contributed by atoms with Gasteiger partial charge < -0.3 is 9.84 Å². The number of ether oxygens (including phenoxy) is 1. The monoisotopic (exact) mass is 253 g/mol. The van der Waals surface area contributed by atoms with Gasteiger partial charge in [0.2, 0.25) is 0 Å². The second-order valence-corrected chi connectivity index (χ2v) is 3.92. The van der Waals surface area contributed by atoms with E-state index in [4.69, 9.17) is 4.74 Å². The van der Waals surface area contributed by atoms with Crippen LogP contribution in [0.2, 0.25) is 0 Å². The first-order valence-electron chi connectivity index (χ1n) is 5.75. The average molecular weight is 253 g/mol. The summed E-state index contributed by atoms with van der Waals surface area (Å²) in [7, 11) is 0. The highest BCUT2D eigenvalue weighted by molar-refractivity contribution is 5.60. The molecule has 1 heterocycles. The van der Waals surface area contributed by atoms with Crippen LogP contribution in [0, 0.1) is 0 Å². The molecule has 2 N–H and O–H groups in total. The van der Waals surface area contributed by atoms with Crippen molar-refractivity contribution in [3.05, 3.63) is 54.9 Å². The molecule has 0 bridgehead atoms. The predicted octanol–water partition coefficient (Wildman–Crippen LogP) is 2.97. The standard InChI is InChI=1S/C14H11N3O2/c18-12-7-6-10(14-15-9-16-17-14)8-13(12)19-11-4-2-1-3-5-11/h1-9,18H,(H,15,16,17). The van der Waals surface area contributed by atoms with Gasteiger partial charge in [-0.1, -0.05) is 18.2 Å². The molecule has 3 rings (SSSR count). The highest BCUT2D eigenvalue weighted by Gasteiger charge is 2.08. The first kappa shape index (κ1) is 11.3. The van der Waals surface area contributed by atoms with E-state index in [9.17, 15) is 5.11 Å². The molecule has 3 aromatic rings. The number of aromatic nitrogens is 3. The first-order valence-corrected chi connectivity index (χ1v) is 5.75. The van der Waals surface area contributed by atoms with Crippen molar-refractivity contribution in [1.82, 2.24) is 15.2 Å². The third-order valence-electron chi connectivity index (χ3n) is 2.60. The number of para-hydroxylation sites is 1. The Morgan fingerprint density at radius 1 is 1.05 bits per heavy atom. The molecule has 0 atom stereocenters. The molecule has 94 valence electrons. The van der Waals surface area contributed by atoms with Gasteiger partial charge in [-0.05, 0) is 30.3 Å². The lowest BCUT2D eigenvalue weighted by Crippen LogP contribution is -1.87. The summed E-state index contributed by atoms with van der Waals surface area (Å²) in [5, 5.41) is 16.5. The van der Waals surface area contributed by atoms with Gasteiger partial charge in [0.1, 0.15) is 12.1 Å². The van der Waals surface area contributed by atoms with Gasteiger partial charge in [0.05, 0.1) is 0 Å². The fourth-order valence-corrected chi connectivity index (χ4v) is 1.70. The van der Waals surface area contributed by atoms with E-state index >= 15 is 0 Å². The number of hydrogen-bond acceptors (Lipinski definition) is 4. The van der Waals surface area contributed by atoms with E-state index in [0.717, 1.165) is 5.56 Å². The number of rotatable bonds is 3. The van der Waals surface area contributed by atoms with Gasteiger partial charge >= 0.3 is 0 Å². The summed E-state index contributed by atoms with van der Waals surface area (Å²) in [5.41, 5.74) is 0.769. The summed E-state index contributed by atoms with van der Waals surface area (Å²) in [4.78, 5) is 4.06. The number of H-pyrrole nitrogens is 1. The number of phenolic OH excluding ortho intramolecular Hbond substituents is 1. The topological polar surface area (TPSA) is 71.0 Å². The molecular formula is C14H11N3O2. The quantitative estimate of drug-likeness (QED) is 0.752. The number of aromatic amines is 1. The number of nitrogens with one attached hydrogen (secondary N) is 1. The van der Waals surface area contributed by atoms with Crippen LogP contribution in [0.5, 0.6) is 17.2 Å². The van der Waals surface area contributed by atoms with Crippen molar-refractivity contribution in [2.75, 3.05) is 0 Å². The zero-order chi connectivity index (χ0) is 13.1. The molecular weight excluding hydrogens is 242 g/mol. The van der Waals surface area contributed by atoms with Crippen molar-refractivity contribution in [2.45, 2.75) is 0 Å². The fourth-order valence-electron chi connectivity index (χ4n) is 1.70. The van der Waals surface area contributed by atoms with Crippen molar-refractivity contribution in [2.24, 2.45) is 0 Å². The Hall–Kier alpha value is -2.82. The van der Waals surface area contributed by atoms with Gasteiger partial charge in [0.25, 0.3) is 0 Å². The molecule has 1 aromatic heterocycles. The Bertz CT molecular complexity index is 666. The van der Waals surface area contributed by atoms with Crippen molar-refractivity contribution in [3.63, 3.8) is 0 Å². The van der Waals surface area contributed by atoms with Gasteiger partial charge in [-0.2, -0.15) is 5.10 Å². The largest absolute Gasteiger partial charge is 0.504 e. The maximum atomic E-state index is 9.82. The second-order valence-electron chi connectivity index (χ2n) is 3.92. The van der Waals surface area contributed by atoms with Crippen LogP contribution in [0.4, 0.5) is 0 Å². The van der Waals surface area contributed by atoms with Crippen LogP contribution < -0.4 is 4.74 Å². The normalized spacial score (nSPS) is 10.3. The van der Waals surface area contributed by atoms with Gasteiger partial charge in [0.15, 0.2) is 17.3 Å². The molecule has 0 saturated heterocycles. The lowest BCUT2D eigenvalue weighted by molar-refractivity contribution is 0.411. The molecule has 0 fully saturated rings. The molecule has 5 nitrogen and oxygen atoms in total. The van der Waals surface area contributed by atoms with E-state index in [1.165, 1.54) is 6.33 Å². The van der Waals surface area contributed by atoms with Crippen LogP contribution in [0.15, 0.2) is 54.9 Å². The molecule has 19 heavy (non-hydrogen) atoms.